The lowest BCUT2D eigenvalue weighted by Crippen LogP contribution is -2.48. The van der Waals surface area contributed by atoms with Gasteiger partial charge in [0.1, 0.15) is 24.1 Å². The number of amides is 2. The van der Waals surface area contributed by atoms with Crippen LogP contribution in [0.1, 0.15) is 39.7 Å². The Kier molecular flexibility index (Phi) is 7.88. The zero-order chi connectivity index (χ0) is 27.7. The first-order chi connectivity index (χ1) is 17.9. The molecule has 206 valence electrons. The van der Waals surface area contributed by atoms with Crippen LogP contribution in [0.3, 0.4) is 0 Å². The molecule has 0 saturated carbocycles. The number of imidazole rings is 1. The molecule has 0 unspecified atom stereocenters. The minimum atomic E-state index is -1.74. The van der Waals surface area contributed by atoms with Gasteiger partial charge in [-0.05, 0) is 50.0 Å². The molecule has 1 fully saturated rings. The molecule has 3 aromatic rings. The number of nitrogens with zero attached hydrogens (tertiary/aromatic N) is 5. The molecule has 4 atom stereocenters. The van der Waals surface area contributed by atoms with E-state index in [-0.39, 0.29) is 29.9 Å². The van der Waals surface area contributed by atoms with Crippen LogP contribution in [0.2, 0.25) is 0 Å². The summed E-state index contributed by atoms with van der Waals surface area (Å²) >= 11 is 0. The number of rotatable bonds is 8. The summed E-state index contributed by atoms with van der Waals surface area (Å²) in [6.07, 6.45) is 1.49. The number of benzene rings is 1. The number of carbonyl (C=O) groups is 1. The third-order valence-electron chi connectivity index (χ3n) is 6.94. The Morgan fingerprint density at radius 2 is 2.00 bits per heavy atom. The van der Waals surface area contributed by atoms with E-state index < -0.39 is 17.9 Å². The van der Waals surface area contributed by atoms with Crippen LogP contribution < -0.4 is 16.4 Å². The third kappa shape index (κ3) is 5.88. The van der Waals surface area contributed by atoms with Gasteiger partial charge >= 0.3 is 6.03 Å². The molecule has 1 aliphatic rings. The van der Waals surface area contributed by atoms with Gasteiger partial charge in [-0.2, -0.15) is 0 Å². The van der Waals surface area contributed by atoms with Crippen molar-refractivity contribution in [2.24, 2.45) is 0 Å². The van der Waals surface area contributed by atoms with E-state index in [0.29, 0.717) is 30.7 Å². The van der Waals surface area contributed by atoms with Crippen molar-refractivity contribution in [3.8, 4) is 0 Å². The van der Waals surface area contributed by atoms with Crippen LogP contribution in [0, 0.1) is 0 Å². The van der Waals surface area contributed by atoms with E-state index in [1.807, 2.05) is 43.1 Å². The van der Waals surface area contributed by atoms with Gasteiger partial charge < -0.3 is 36.2 Å². The van der Waals surface area contributed by atoms with E-state index in [1.54, 1.807) is 0 Å². The zero-order valence-electron chi connectivity index (χ0n) is 22.5. The number of nitrogens with one attached hydrogen (secondary N) is 2. The third-order valence-corrected chi connectivity index (χ3v) is 6.94. The topological polar surface area (TPSA) is 164 Å². The summed E-state index contributed by atoms with van der Waals surface area (Å²) in [5.41, 5.74) is 6.77. The highest BCUT2D eigenvalue weighted by molar-refractivity contribution is 5.89. The number of ether oxygens (including phenoxy) is 1. The second-order valence-corrected chi connectivity index (χ2v) is 11.1. The van der Waals surface area contributed by atoms with Crippen molar-refractivity contribution in [3.05, 3.63) is 42.5 Å². The number of carbonyl (C=O) groups excluding carboxylic acids is 1. The fraction of sp³-hybridized carbons (Fsp3) is 0.538. The van der Waals surface area contributed by atoms with Crippen molar-refractivity contribution >= 4 is 28.7 Å². The fourth-order valence-corrected chi connectivity index (χ4v) is 4.53. The van der Waals surface area contributed by atoms with E-state index in [4.69, 9.17) is 10.5 Å². The van der Waals surface area contributed by atoms with E-state index in [2.05, 4.69) is 46.4 Å². The number of aromatic nitrogens is 4. The number of nitrogens with two attached hydrogens (primary N) is 1. The lowest BCUT2D eigenvalue weighted by molar-refractivity contribution is -0.108. The average Bonchev–Trinajstić information content (AvgIpc) is 3.41. The van der Waals surface area contributed by atoms with Gasteiger partial charge in [0.05, 0.1) is 12.9 Å². The lowest BCUT2D eigenvalue weighted by atomic mass is 9.87. The van der Waals surface area contributed by atoms with Crippen molar-refractivity contribution in [2.45, 2.75) is 63.5 Å². The maximum atomic E-state index is 12.4. The minimum Gasteiger partial charge on any atom is -0.385 e. The Morgan fingerprint density at radius 3 is 2.68 bits per heavy atom. The number of aliphatic hydroxyl groups is 2. The molecule has 12 heteroatoms. The molecule has 1 aliphatic heterocycles. The molecule has 2 amide bonds. The van der Waals surface area contributed by atoms with Gasteiger partial charge in [-0.15, -0.1) is 0 Å². The number of aliphatic hydroxyl groups excluding tert-OH is 1. The first-order valence-electron chi connectivity index (χ1n) is 12.7. The zero-order valence-corrected chi connectivity index (χ0v) is 22.5. The molecular formula is C26H38N8O4. The van der Waals surface area contributed by atoms with Crippen molar-refractivity contribution in [3.63, 3.8) is 0 Å². The Hall–Kier alpha value is -3.32. The van der Waals surface area contributed by atoms with Crippen LogP contribution in [0.15, 0.2) is 36.9 Å². The molecule has 38 heavy (non-hydrogen) atoms. The molecule has 12 nitrogen and oxygen atoms in total. The number of fused-ring (bicyclic) bond motifs is 1. The van der Waals surface area contributed by atoms with Crippen LogP contribution in [-0.2, 0) is 15.9 Å². The summed E-state index contributed by atoms with van der Waals surface area (Å²) in [7, 11) is 1.90. The van der Waals surface area contributed by atoms with Crippen LogP contribution in [-0.4, -0.2) is 85.7 Å². The quantitative estimate of drug-likeness (QED) is 0.293. The molecule has 1 aromatic carbocycles. The van der Waals surface area contributed by atoms with Crippen LogP contribution in [0.4, 0.5) is 16.3 Å². The van der Waals surface area contributed by atoms with Gasteiger partial charge in [0.15, 0.2) is 17.2 Å². The molecular weight excluding hydrogens is 488 g/mol. The Labute approximate surface area is 222 Å². The van der Waals surface area contributed by atoms with Gasteiger partial charge in [0.25, 0.3) is 0 Å². The van der Waals surface area contributed by atoms with Gasteiger partial charge in [0, 0.05) is 18.3 Å². The van der Waals surface area contributed by atoms with Crippen LogP contribution in [0.25, 0.3) is 11.2 Å². The highest BCUT2D eigenvalue weighted by atomic mass is 16.5. The first-order valence-corrected chi connectivity index (χ1v) is 12.7. The van der Waals surface area contributed by atoms with Gasteiger partial charge in [-0.3, -0.25) is 4.57 Å². The second kappa shape index (κ2) is 10.8. The fourth-order valence-electron chi connectivity index (χ4n) is 4.53. The highest BCUT2D eigenvalue weighted by Crippen LogP contribution is 2.32. The molecule has 0 spiro atoms. The molecule has 0 radical (unpaired) electrons. The Bertz CT molecular complexity index is 1260. The van der Waals surface area contributed by atoms with Crippen molar-refractivity contribution in [2.75, 3.05) is 37.8 Å². The van der Waals surface area contributed by atoms with E-state index in [9.17, 15) is 15.0 Å². The predicted octanol–water partition coefficient (Wildman–Crippen LogP) is 1.64. The molecule has 3 heterocycles. The molecule has 4 rings (SSSR count). The molecule has 2 aromatic heterocycles. The smallest absolute Gasteiger partial charge is 0.319 e. The predicted molar refractivity (Wildman–Crippen MR) is 145 cm³/mol. The van der Waals surface area contributed by atoms with E-state index in [1.165, 1.54) is 22.8 Å². The Balaban J connectivity index is 1.25. The molecule has 0 bridgehead atoms. The molecule has 0 aliphatic carbocycles. The largest absolute Gasteiger partial charge is 0.385 e. The summed E-state index contributed by atoms with van der Waals surface area (Å²) in [5, 5.41) is 28.1. The summed E-state index contributed by atoms with van der Waals surface area (Å²) in [6, 6.07) is 7.50. The highest BCUT2D eigenvalue weighted by Gasteiger charge is 2.50. The summed E-state index contributed by atoms with van der Waals surface area (Å²) in [4.78, 5) is 26.7. The average molecular weight is 527 g/mol. The standard InChI is InChI=1S/C26H38N8O4/c1-16(31-24(36)32-18-8-6-17(7-9-18)25(2,3)4)10-11-33(5)12-19-21(35)26(37,13-38-19)34-15-30-20-22(27)28-14-29-23(20)34/h6-9,14-16,19,21,35,37H,10-13H2,1-5H3,(H2,27,28,29)(H2,31,32,36)/t16-,19+,21+,26+/m0/s1. The summed E-state index contributed by atoms with van der Waals surface area (Å²) in [6.45, 7) is 9.28. The lowest BCUT2D eigenvalue weighted by Gasteiger charge is -2.29. The van der Waals surface area contributed by atoms with Crippen LogP contribution in [0.5, 0.6) is 0 Å². The number of hydrogen-bond acceptors (Lipinski definition) is 9. The number of urea groups is 1. The first kappa shape index (κ1) is 27.7. The van der Waals surface area contributed by atoms with Crippen molar-refractivity contribution < 1.29 is 19.7 Å². The van der Waals surface area contributed by atoms with Gasteiger partial charge in [0.2, 0.25) is 0 Å². The number of nitrogen functional groups attached to an aromatic ring is 1. The maximum absolute atomic E-state index is 12.4. The maximum Gasteiger partial charge on any atom is 0.319 e. The monoisotopic (exact) mass is 526 g/mol. The van der Waals surface area contributed by atoms with E-state index in [0.717, 1.165) is 5.69 Å². The van der Waals surface area contributed by atoms with Crippen LogP contribution >= 0.6 is 0 Å². The van der Waals surface area contributed by atoms with E-state index >= 15 is 0 Å². The van der Waals surface area contributed by atoms with Crippen molar-refractivity contribution in [1.29, 1.82) is 0 Å². The number of hydrogen-bond donors (Lipinski definition) is 5. The Morgan fingerprint density at radius 1 is 1.29 bits per heavy atom. The minimum absolute atomic E-state index is 0.0525. The molecule has 6 N–H and O–H groups in total. The molecule has 1 saturated heterocycles. The SMILES string of the molecule is C[C@@H](CCN(C)C[C@H]1OC[C@](O)(n2cnc3c(N)ncnc32)[C@@H]1O)NC(=O)Nc1ccc(C(C)(C)C)cc1. The van der Waals surface area contributed by atoms with Gasteiger partial charge in [-0.1, -0.05) is 32.9 Å². The number of likely N-dealkylation sites (N-methyl/N-ethyl adjacent to an activating group) is 1. The van der Waals surface area contributed by atoms with Crippen molar-refractivity contribution in [1.82, 2.24) is 29.7 Å². The summed E-state index contributed by atoms with van der Waals surface area (Å²) in [5.74, 6) is 0.192. The second-order valence-electron chi connectivity index (χ2n) is 11.1. The summed E-state index contributed by atoms with van der Waals surface area (Å²) < 4.78 is 7.16. The van der Waals surface area contributed by atoms with Gasteiger partial charge in [-0.25, -0.2) is 19.7 Å². The number of anilines is 2. The normalized spacial score (nSPS) is 22.6.